The first kappa shape index (κ1) is 30.8. The molecule has 0 bridgehead atoms. The molecule has 0 aromatic carbocycles. The van der Waals surface area contributed by atoms with Gasteiger partial charge >= 0.3 is 0 Å². The molecule has 0 aromatic heterocycles. The molecule has 6 nitrogen and oxygen atoms in total. The van der Waals surface area contributed by atoms with E-state index < -0.39 is 36.9 Å². The van der Waals surface area contributed by atoms with Gasteiger partial charge in [-0.15, -0.1) is 0 Å². The van der Waals surface area contributed by atoms with Gasteiger partial charge in [0.1, 0.15) is 12.2 Å². The standard InChI is InChI=1S/C26H49NO5/c1-3-5-7-8-9-10-11-12-13-14-15-16-17-18-20-24(30)26(32)27-22(21-28)25(31)23(29)19-6-4-2/h9-12,22-25,28-31H,3-8,13-21H2,1-2H3,(H,27,32)/b10-9-,12-11-. The molecule has 0 saturated heterocycles. The Bertz CT molecular complexity index is 495. The van der Waals surface area contributed by atoms with Crippen molar-refractivity contribution in [3.05, 3.63) is 24.3 Å². The van der Waals surface area contributed by atoms with E-state index in [0.29, 0.717) is 12.8 Å². The van der Waals surface area contributed by atoms with Crippen LogP contribution in [0, 0.1) is 0 Å². The molecule has 32 heavy (non-hydrogen) atoms. The van der Waals surface area contributed by atoms with Gasteiger partial charge in [0.15, 0.2) is 0 Å². The summed E-state index contributed by atoms with van der Waals surface area (Å²) in [7, 11) is 0. The van der Waals surface area contributed by atoms with Crippen LogP contribution in [0.3, 0.4) is 0 Å². The van der Waals surface area contributed by atoms with Crippen LogP contribution in [-0.2, 0) is 4.79 Å². The van der Waals surface area contributed by atoms with Gasteiger partial charge in [0, 0.05) is 0 Å². The maximum Gasteiger partial charge on any atom is 0.249 e. The van der Waals surface area contributed by atoms with Crippen molar-refractivity contribution in [3.8, 4) is 0 Å². The van der Waals surface area contributed by atoms with E-state index >= 15 is 0 Å². The average Bonchev–Trinajstić information content (AvgIpc) is 2.80. The molecule has 1 amide bonds. The molecule has 0 aromatic rings. The molecule has 0 radical (unpaired) electrons. The number of aliphatic hydroxyl groups excluding tert-OH is 4. The van der Waals surface area contributed by atoms with Crippen LogP contribution in [0.2, 0.25) is 0 Å². The molecule has 0 aliphatic carbocycles. The van der Waals surface area contributed by atoms with Gasteiger partial charge in [-0.1, -0.05) is 89.5 Å². The fourth-order valence-corrected chi connectivity index (χ4v) is 3.49. The zero-order valence-electron chi connectivity index (χ0n) is 20.4. The van der Waals surface area contributed by atoms with E-state index in [1.807, 2.05) is 6.92 Å². The largest absolute Gasteiger partial charge is 0.394 e. The topological polar surface area (TPSA) is 110 Å². The predicted molar refractivity (Wildman–Crippen MR) is 131 cm³/mol. The zero-order valence-corrected chi connectivity index (χ0v) is 20.4. The van der Waals surface area contributed by atoms with Crippen molar-refractivity contribution in [2.24, 2.45) is 0 Å². The summed E-state index contributed by atoms with van der Waals surface area (Å²) in [6, 6.07) is -0.983. The summed E-state index contributed by atoms with van der Waals surface area (Å²) in [5.74, 6) is -0.612. The van der Waals surface area contributed by atoms with E-state index in [2.05, 4.69) is 36.5 Å². The summed E-state index contributed by atoms with van der Waals surface area (Å²) >= 11 is 0. The SMILES string of the molecule is CCCCC/C=C\C=C/CCCCCCCC(O)C(=O)NC(CO)C(O)C(O)CCCC. The summed E-state index contributed by atoms with van der Waals surface area (Å²) in [6.07, 6.45) is 18.7. The maximum atomic E-state index is 12.1. The molecule has 188 valence electrons. The van der Waals surface area contributed by atoms with E-state index in [0.717, 1.165) is 57.8 Å². The first-order valence-corrected chi connectivity index (χ1v) is 12.7. The molecular formula is C26H49NO5. The number of aliphatic hydroxyl groups is 4. The summed E-state index contributed by atoms with van der Waals surface area (Å²) in [6.45, 7) is 3.70. The van der Waals surface area contributed by atoms with Crippen LogP contribution in [-0.4, -0.2) is 57.3 Å². The lowest BCUT2D eigenvalue weighted by Gasteiger charge is -2.27. The van der Waals surface area contributed by atoms with E-state index in [-0.39, 0.29) is 0 Å². The molecule has 0 saturated carbocycles. The Hall–Kier alpha value is -1.21. The Morgan fingerprint density at radius 2 is 1.34 bits per heavy atom. The van der Waals surface area contributed by atoms with Crippen molar-refractivity contribution in [3.63, 3.8) is 0 Å². The molecule has 0 rings (SSSR count). The van der Waals surface area contributed by atoms with Crippen molar-refractivity contribution >= 4 is 5.91 Å². The quantitative estimate of drug-likeness (QED) is 0.132. The summed E-state index contributed by atoms with van der Waals surface area (Å²) < 4.78 is 0. The van der Waals surface area contributed by atoms with Crippen LogP contribution >= 0.6 is 0 Å². The average molecular weight is 456 g/mol. The zero-order chi connectivity index (χ0) is 24.0. The Morgan fingerprint density at radius 3 is 1.94 bits per heavy atom. The summed E-state index contributed by atoms with van der Waals surface area (Å²) in [5.41, 5.74) is 0. The third kappa shape index (κ3) is 16.4. The molecule has 0 heterocycles. The minimum absolute atomic E-state index is 0.348. The van der Waals surface area contributed by atoms with Gasteiger partial charge in [0.2, 0.25) is 5.91 Å². The fourth-order valence-electron chi connectivity index (χ4n) is 3.49. The second-order valence-corrected chi connectivity index (χ2v) is 8.71. The third-order valence-electron chi connectivity index (χ3n) is 5.69. The van der Waals surface area contributed by atoms with Gasteiger partial charge < -0.3 is 25.7 Å². The number of rotatable bonds is 21. The van der Waals surface area contributed by atoms with E-state index in [1.54, 1.807) is 0 Å². The monoisotopic (exact) mass is 455 g/mol. The highest BCUT2D eigenvalue weighted by Crippen LogP contribution is 2.11. The Kier molecular flexibility index (Phi) is 20.8. The van der Waals surface area contributed by atoms with Gasteiger partial charge in [-0.05, 0) is 38.5 Å². The lowest BCUT2D eigenvalue weighted by molar-refractivity contribution is -0.132. The lowest BCUT2D eigenvalue weighted by Crippen LogP contribution is -2.53. The molecule has 0 aliphatic rings. The minimum Gasteiger partial charge on any atom is -0.394 e. The Morgan fingerprint density at radius 1 is 0.781 bits per heavy atom. The first-order valence-electron chi connectivity index (χ1n) is 12.7. The van der Waals surface area contributed by atoms with Crippen LogP contribution < -0.4 is 5.32 Å². The van der Waals surface area contributed by atoms with Crippen molar-refractivity contribution in [2.45, 2.75) is 128 Å². The number of hydrogen-bond acceptors (Lipinski definition) is 5. The minimum atomic E-state index is -1.26. The van der Waals surface area contributed by atoms with Gasteiger partial charge in [0.25, 0.3) is 0 Å². The van der Waals surface area contributed by atoms with Crippen molar-refractivity contribution in [1.82, 2.24) is 5.32 Å². The number of nitrogens with one attached hydrogen (secondary N) is 1. The molecule has 0 aliphatic heterocycles. The Labute approximate surface area is 195 Å². The normalized spacial score (nSPS) is 15.8. The highest BCUT2D eigenvalue weighted by Gasteiger charge is 2.28. The van der Waals surface area contributed by atoms with Crippen LogP contribution in [0.25, 0.3) is 0 Å². The Balaban J connectivity index is 3.87. The van der Waals surface area contributed by atoms with Crippen LogP contribution in [0.5, 0.6) is 0 Å². The van der Waals surface area contributed by atoms with Crippen molar-refractivity contribution in [1.29, 1.82) is 0 Å². The fraction of sp³-hybridized carbons (Fsp3) is 0.808. The molecule has 5 N–H and O–H groups in total. The number of allylic oxidation sites excluding steroid dienone is 4. The number of carbonyl (C=O) groups excluding carboxylic acids is 1. The van der Waals surface area contributed by atoms with Gasteiger partial charge in [-0.3, -0.25) is 4.79 Å². The number of carbonyl (C=O) groups is 1. The molecular weight excluding hydrogens is 406 g/mol. The number of amides is 1. The van der Waals surface area contributed by atoms with Crippen molar-refractivity contribution < 1.29 is 25.2 Å². The number of hydrogen-bond donors (Lipinski definition) is 5. The molecule has 6 heteroatoms. The van der Waals surface area contributed by atoms with E-state index in [9.17, 15) is 25.2 Å². The van der Waals surface area contributed by atoms with Crippen LogP contribution in [0.1, 0.15) is 104 Å². The van der Waals surface area contributed by atoms with Gasteiger partial charge in [0.05, 0.1) is 18.8 Å². The van der Waals surface area contributed by atoms with Gasteiger partial charge in [-0.2, -0.15) is 0 Å². The molecule has 4 atom stereocenters. The summed E-state index contributed by atoms with van der Waals surface area (Å²) in [4.78, 5) is 12.1. The first-order chi connectivity index (χ1) is 15.5. The molecule has 0 spiro atoms. The predicted octanol–water partition coefficient (Wildman–Crippen LogP) is 4.16. The van der Waals surface area contributed by atoms with E-state index in [1.165, 1.54) is 19.3 Å². The smallest absolute Gasteiger partial charge is 0.249 e. The van der Waals surface area contributed by atoms with Crippen LogP contribution in [0.4, 0.5) is 0 Å². The molecule has 4 unspecified atom stereocenters. The van der Waals surface area contributed by atoms with Gasteiger partial charge in [-0.25, -0.2) is 0 Å². The molecule has 0 fully saturated rings. The van der Waals surface area contributed by atoms with Crippen molar-refractivity contribution in [2.75, 3.05) is 6.61 Å². The maximum absolute atomic E-state index is 12.1. The highest BCUT2D eigenvalue weighted by atomic mass is 16.3. The third-order valence-corrected chi connectivity index (χ3v) is 5.69. The number of unbranched alkanes of at least 4 members (excludes halogenated alkanes) is 9. The second kappa shape index (κ2) is 21.6. The second-order valence-electron chi connectivity index (χ2n) is 8.71. The lowest BCUT2D eigenvalue weighted by atomic mass is 10.0. The van der Waals surface area contributed by atoms with Crippen LogP contribution in [0.15, 0.2) is 24.3 Å². The summed E-state index contributed by atoms with van der Waals surface area (Å²) in [5, 5.41) is 42.0. The highest BCUT2D eigenvalue weighted by molar-refractivity contribution is 5.80. The van der Waals surface area contributed by atoms with E-state index in [4.69, 9.17) is 0 Å².